The highest BCUT2D eigenvalue weighted by Crippen LogP contribution is 2.33. The predicted octanol–water partition coefficient (Wildman–Crippen LogP) is 1.84. The Bertz CT molecular complexity index is 300. The Morgan fingerprint density at radius 1 is 1.33 bits per heavy atom. The molecule has 0 heterocycles. The van der Waals surface area contributed by atoms with Crippen LogP contribution in [0.25, 0.3) is 0 Å². The van der Waals surface area contributed by atoms with Gasteiger partial charge >= 0.3 is 10.3 Å². The van der Waals surface area contributed by atoms with Crippen LogP contribution in [0.4, 0.5) is 0 Å². The Hall–Kier alpha value is -0.130. The van der Waals surface area contributed by atoms with E-state index in [2.05, 4.69) is 25.5 Å². The molecular formula is C10H21NO3S. The van der Waals surface area contributed by atoms with Crippen LogP contribution in [0.5, 0.6) is 0 Å². The molecular weight excluding hydrogens is 214 g/mol. The number of rotatable bonds is 3. The first kappa shape index (κ1) is 12.9. The zero-order chi connectivity index (χ0) is 11.6. The largest absolute Gasteiger partial charge is 0.333 e. The topological polar surface area (TPSA) is 66.4 Å². The van der Waals surface area contributed by atoms with E-state index in [1.807, 2.05) is 0 Å². The molecule has 15 heavy (non-hydrogen) atoms. The average molecular weight is 235 g/mol. The van der Waals surface area contributed by atoms with Gasteiger partial charge in [-0.05, 0) is 30.6 Å². The van der Waals surface area contributed by atoms with Crippen molar-refractivity contribution in [1.82, 2.24) is 4.72 Å². The first-order chi connectivity index (χ1) is 6.79. The molecule has 0 aromatic carbocycles. The molecule has 0 aromatic heterocycles. The highest BCUT2D eigenvalue weighted by Gasteiger charge is 2.32. The minimum absolute atomic E-state index is 0.108. The van der Waals surface area contributed by atoms with Gasteiger partial charge < -0.3 is 0 Å². The summed E-state index contributed by atoms with van der Waals surface area (Å²) < 4.78 is 32.8. The molecule has 0 saturated heterocycles. The van der Waals surface area contributed by atoms with Crippen molar-refractivity contribution in [2.24, 2.45) is 17.8 Å². The van der Waals surface area contributed by atoms with Gasteiger partial charge in [-0.3, -0.25) is 4.55 Å². The second-order valence-electron chi connectivity index (χ2n) is 5.03. The summed E-state index contributed by atoms with van der Waals surface area (Å²) in [5.74, 6) is 1.30. The molecule has 0 aliphatic heterocycles. The van der Waals surface area contributed by atoms with E-state index in [1.165, 1.54) is 0 Å². The quantitative estimate of drug-likeness (QED) is 0.733. The van der Waals surface area contributed by atoms with Crippen molar-refractivity contribution in [2.45, 2.75) is 46.1 Å². The Morgan fingerprint density at radius 2 is 1.93 bits per heavy atom. The summed E-state index contributed by atoms with van der Waals surface area (Å²) in [6, 6.07) is -0.108. The van der Waals surface area contributed by atoms with Crippen molar-refractivity contribution in [1.29, 1.82) is 0 Å². The highest BCUT2D eigenvalue weighted by molar-refractivity contribution is 7.83. The number of hydrogen-bond acceptors (Lipinski definition) is 2. The van der Waals surface area contributed by atoms with E-state index >= 15 is 0 Å². The second kappa shape index (κ2) is 4.80. The van der Waals surface area contributed by atoms with Gasteiger partial charge in [-0.1, -0.05) is 27.2 Å². The SMILES string of the molecule is CC1CCC(C(C)C)C(NS(=O)(=O)O)C1. The van der Waals surface area contributed by atoms with Gasteiger partial charge in [0.25, 0.3) is 0 Å². The van der Waals surface area contributed by atoms with Crippen molar-refractivity contribution >= 4 is 10.3 Å². The first-order valence-electron chi connectivity index (χ1n) is 5.54. The smallest absolute Gasteiger partial charge is 0.273 e. The third-order valence-electron chi connectivity index (χ3n) is 3.32. The van der Waals surface area contributed by atoms with Crippen LogP contribution < -0.4 is 4.72 Å². The van der Waals surface area contributed by atoms with Gasteiger partial charge in [-0.2, -0.15) is 13.1 Å². The minimum atomic E-state index is -4.06. The van der Waals surface area contributed by atoms with Gasteiger partial charge in [0.2, 0.25) is 0 Å². The maximum atomic E-state index is 10.8. The summed E-state index contributed by atoms with van der Waals surface area (Å²) in [7, 11) is -4.06. The lowest BCUT2D eigenvalue weighted by Crippen LogP contribution is -2.45. The van der Waals surface area contributed by atoms with Gasteiger partial charge in [-0.15, -0.1) is 0 Å². The van der Waals surface area contributed by atoms with Gasteiger partial charge in [-0.25, -0.2) is 0 Å². The molecule has 1 fully saturated rings. The van der Waals surface area contributed by atoms with E-state index < -0.39 is 10.3 Å². The van der Waals surface area contributed by atoms with Crippen LogP contribution in [0.2, 0.25) is 0 Å². The fourth-order valence-electron chi connectivity index (χ4n) is 2.53. The summed E-state index contributed by atoms with van der Waals surface area (Å²) in [6.45, 7) is 6.31. The molecule has 0 aromatic rings. The van der Waals surface area contributed by atoms with Crippen LogP contribution in [0, 0.1) is 17.8 Å². The van der Waals surface area contributed by atoms with Crippen molar-refractivity contribution in [3.8, 4) is 0 Å². The van der Waals surface area contributed by atoms with E-state index in [9.17, 15) is 8.42 Å². The summed E-state index contributed by atoms with van der Waals surface area (Å²) >= 11 is 0. The van der Waals surface area contributed by atoms with Crippen LogP contribution in [0.3, 0.4) is 0 Å². The lowest BCUT2D eigenvalue weighted by molar-refractivity contribution is 0.185. The molecule has 90 valence electrons. The molecule has 2 N–H and O–H groups in total. The van der Waals surface area contributed by atoms with E-state index in [0.717, 1.165) is 19.3 Å². The zero-order valence-corrected chi connectivity index (χ0v) is 10.4. The first-order valence-corrected chi connectivity index (χ1v) is 6.98. The summed E-state index contributed by atoms with van der Waals surface area (Å²) in [5.41, 5.74) is 0. The lowest BCUT2D eigenvalue weighted by atomic mass is 9.74. The fourth-order valence-corrected chi connectivity index (χ4v) is 3.18. The molecule has 3 unspecified atom stereocenters. The maximum absolute atomic E-state index is 10.8. The summed E-state index contributed by atoms with van der Waals surface area (Å²) in [6.07, 6.45) is 3.00. The minimum Gasteiger partial charge on any atom is -0.273 e. The molecule has 5 heteroatoms. The van der Waals surface area contributed by atoms with E-state index in [4.69, 9.17) is 4.55 Å². The van der Waals surface area contributed by atoms with Crippen LogP contribution in [0.15, 0.2) is 0 Å². The molecule has 1 aliphatic rings. The summed E-state index contributed by atoms with van der Waals surface area (Å²) in [4.78, 5) is 0. The van der Waals surface area contributed by atoms with E-state index in [-0.39, 0.29) is 6.04 Å². The molecule has 0 amide bonds. The van der Waals surface area contributed by atoms with Crippen LogP contribution in [0.1, 0.15) is 40.0 Å². The summed E-state index contributed by atoms with van der Waals surface area (Å²) in [5, 5.41) is 0. The van der Waals surface area contributed by atoms with Crippen molar-refractivity contribution in [2.75, 3.05) is 0 Å². The van der Waals surface area contributed by atoms with Crippen LogP contribution in [-0.4, -0.2) is 19.0 Å². The van der Waals surface area contributed by atoms with Gasteiger partial charge in [0.05, 0.1) is 0 Å². The third kappa shape index (κ3) is 4.09. The Labute approximate surface area is 92.3 Å². The zero-order valence-electron chi connectivity index (χ0n) is 9.60. The van der Waals surface area contributed by atoms with Crippen LogP contribution in [-0.2, 0) is 10.3 Å². The average Bonchev–Trinajstić information content (AvgIpc) is 1.99. The predicted molar refractivity (Wildman–Crippen MR) is 59.8 cm³/mol. The lowest BCUT2D eigenvalue weighted by Gasteiger charge is -2.36. The molecule has 1 saturated carbocycles. The van der Waals surface area contributed by atoms with E-state index in [0.29, 0.717) is 17.8 Å². The number of hydrogen-bond donors (Lipinski definition) is 2. The maximum Gasteiger partial charge on any atom is 0.333 e. The normalized spacial score (nSPS) is 33.3. The molecule has 1 aliphatic carbocycles. The molecule has 1 rings (SSSR count). The molecule has 0 radical (unpaired) electrons. The van der Waals surface area contributed by atoms with E-state index in [1.54, 1.807) is 0 Å². The third-order valence-corrected chi connectivity index (χ3v) is 3.92. The standard InChI is InChI=1S/C10H21NO3S/c1-7(2)9-5-4-8(3)6-10(9)11-15(12,13)14/h7-11H,4-6H2,1-3H3,(H,12,13,14). The van der Waals surface area contributed by atoms with Crippen molar-refractivity contribution in [3.63, 3.8) is 0 Å². The van der Waals surface area contributed by atoms with Gasteiger partial charge in [0.1, 0.15) is 0 Å². The Balaban J connectivity index is 2.70. The molecule has 4 nitrogen and oxygen atoms in total. The van der Waals surface area contributed by atoms with Gasteiger partial charge in [0, 0.05) is 6.04 Å². The number of nitrogens with one attached hydrogen (secondary N) is 1. The highest BCUT2D eigenvalue weighted by atomic mass is 32.2. The molecule has 3 atom stereocenters. The monoisotopic (exact) mass is 235 g/mol. The van der Waals surface area contributed by atoms with Crippen molar-refractivity contribution in [3.05, 3.63) is 0 Å². The Morgan fingerprint density at radius 3 is 2.40 bits per heavy atom. The second-order valence-corrected chi connectivity index (χ2v) is 6.21. The van der Waals surface area contributed by atoms with Crippen LogP contribution >= 0.6 is 0 Å². The fraction of sp³-hybridized carbons (Fsp3) is 1.00. The Kier molecular flexibility index (Phi) is 4.14. The molecule has 0 bridgehead atoms. The molecule has 0 spiro atoms. The van der Waals surface area contributed by atoms with Gasteiger partial charge in [0.15, 0.2) is 0 Å². The van der Waals surface area contributed by atoms with Crippen molar-refractivity contribution < 1.29 is 13.0 Å².